The number of fused-ring (bicyclic) bond motifs is 5. The van der Waals surface area contributed by atoms with Crippen molar-refractivity contribution in [2.45, 2.75) is 140 Å². The van der Waals surface area contributed by atoms with Crippen LogP contribution in [0.5, 0.6) is 0 Å². The average molecular weight is 636 g/mol. The first-order valence-corrected chi connectivity index (χ1v) is 17.3. The standard InChI is InChI=1S/C34H53NO10/c1-7-17(3)29(39)44-28-26(38)25-19(15-35-14-16(2)8-9-23(35)31(25,6)40)20-13-32-27(33(20,28)41)21(37)12-22-30(32,5)11-10-24(43-18(4)36)34(22,42)45-32/h16-17,19-28,37-38,40-42H,7-15H2,1-6H3/t16-,17?,19-,20?,21+,22?,23?,24-,25?,26+,27?,28-,30-,31+,32-,33-,34-/m0/s1. The van der Waals surface area contributed by atoms with Crippen molar-refractivity contribution in [2.24, 2.45) is 46.8 Å². The predicted molar refractivity (Wildman–Crippen MR) is 159 cm³/mol. The number of nitrogens with zero attached hydrogens (tertiary/aromatic N) is 1. The van der Waals surface area contributed by atoms with Crippen LogP contribution in [0, 0.1) is 46.8 Å². The van der Waals surface area contributed by atoms with E-state index in [0.29, 0.717) is 31.7 Å². The lowest BCUT2D eigenvalue weighted by molar-refractivity contribution is -0.299. The maximum Gasteiger partial charge on any atom is 0.309 e. The van der Waals surface area contributed by atoms with Crippen LogP contribution in [-0.4, -0.2) is 109 Å². The third-order valence-electron chi connectivity index (χ3n) is 14.3. The second-order valence-corrected chi connectivity index (χ2v) is 16.6. The Balaban J connectivity index is 1.38. The van der Waals surface area contributed by atoms with Gasteiger partial charge < -0.3 is 39.7 Å². The number of esters is 2. The molecular formula is C34H53NO10. The molecule has 4 saturated carbocycles. The fourth-order valence-electron chi connectivity index (χ4n) is 12.3. The molecule has 3 aliphatic heterocycles. The Kier molecular flexibility index (Phi) is 7.22. The molecular weight excluding hydrogens is 582 g/mol. The summed E-state index contributed by atoms with van der Waals surface area (Å²) in [7, 11) is 0. The molecule has 0 aromatic carbocycles. The molecule has 3 saturated heterocycles. The molecule has 3 heterocycles. The van der Waals surface area contributed by atoms with Crippen molar-refractivity contribution < 1.29 is 49.3 Å². The number of aliphatic hydroxyl groups excluding tert-OH is 2. The molecule has 0 aromatic rings. The highest BCUT2D eigenvalue weighted by molar-refractivity contribution is 5.72. The Morgan fingerprint density at radius 3 is 2.44 bits per heavy atom. The zero-order valence-corrected chi connectivity index (χ0v) is 27.5. The van der Waals surface area contributed by atoms with Crippen LogP contribution in [0.3, 0.4) is 0 Å². The van der Waals surface area contributed by atoms with E-state index < -0.39 is 99.9 Å². The molecule has 0 amide bonds. The summed E-state index contributed by atoms with van der Waals surface area (Å²) in [5.41, 5.74) is -5.22. The van der Waals surface area contributed by atoms with E-state index in [9.17, 15) is 35.1 Å². The van der Waals surface area contributed by atoms with Crippen LogP contribution >= 0.6 is 0 Å². The van der Waals surface area contributed by atoms with Crippen molar-refractivity contribution in [1.29, 1.82) is 0 Å². The third-order valence-corrected chi connectivity index (χ3v) is 14.3. The van der Waals surface area contributed by atoms with Gasteiger partial charge in [0, 0.05) is 49.2 Å². The first-order chi connectivity index (χ1) is 21.0. The largest absolute Gasteiger partial charge is 0.457 e. The lowest BCUT2D eigenvalue weighted by atomic mass is 9.49. The third kappa shape index (κ3) is 3.95. The highest BCUT2D eigenvalue weighted by Crippen LogP contribution is 2.77. The highest BCUT2D eigenvalue weighted by Gasteiger charge is 2.87. The summed E-state index contributed by atoms with van der Waals surface area (Å²) in [4.78, 5) is 27.8. The zero-order valence-electron chi connectivity index (χ0n) is 27.5. The van der Waals surface area contributed by atoms with Crippen LogP contribution in [0.4, 0.5) is 0 Å². The van der Waals surface area contributed by atoms with Crippen LogP contribution in [0.1, 0.15) is 86.5 Å². The van der Waals surface area contributed by atoms with Crippen molar-refractivity contribution in [3.05, 3.63) is 0 Å². The molecule has 45 heavy (non-hydrogen) atoms. The molecule has 4 aliphatic carbocycles. The smallest absolute Gasteiger partial charge is 0.309 e. The highest BCUT2D eigenvalue weighted by atomic mass is 16.7. The van der Waals surface area contributed by atoms with E-state index >= 15 is 0 Å². The predicted octanol–water partition coefficient (Wildman–Crippen LogP) is 1.35. The quantitative estimate of drug-likeness (QED) is 0.283. The van der Waals surface area contributed by atoms with Gasteiger partial charge in [0.2, 0.25) is 5.79 Å². The normalized spacial score (nSPS) is 57.2. The number of hydrogen-bond donors (Lipinski definition) is 5. The van der Waals surface area contributed by atoms with Crippen LogP contribution in [-0.2, 0) is 23.8 Å². The summed E-state index contributed by atoms with van der Waals surface area (Å²) >= 11 is 0. The SMILES string of the molecule is CCC(C)C(=O)O[C@H]1[C@H](O)C2[C@@H](CN3C[C@@H](C)CCC3[C@@]2(C)O)C2C[C@]34O[C@@]5(O)C(C[C@@H](O)C3[C@@]21O)[C@]4(C)CC[C@@H]5OC(C)=O. The number of rotatable bonds is 4. The van der Waals surface area contributed by atoms with Crippen molar-refractivity contribution in [2.75, 3.05) is 13.1 Å². The van der Waals surface area contributed by atoms with E-state index in [4.69, 9.17) is 14.2 Å². The topological polar surface area (TPSA) is 166 Å². The minimum atomic E-state index is -1.91. The second-order valence-electron chi connectivity index (χ2n) is 16.6. The molecule has 4 bridgehead atoms. The van der Waals surface area contributed by atoms with Gasteiger partial charge in [0.25, 0.3) is 0 Å². The number of ether oxygens (including phenoxy) is 3. The Morgan fingerprint density at radius 2 is 1.78 bits per heavy atom. The average Bonchev–Trinajstić information content (AvgIpc) is 3.24. The molecule has 17 atom stereocenters. The van der Waals surface area contributed by atoms with Crippen LogP contribution in [0.25, 0.3) is 0 Å². The van der Waals surface area contributed by atoms with Crippen LogP contribution in [0.2, 0.25) is 0 Å². The van der Waals surface area contributed by atoms with Gasteiger partial charge in [-0.3, -0.25) is 14.5 Å². The van der Waals surface area contributed by atoms with E-state index in [1.54, 1.807) is 13.8 Å². The maximum absolute atomic E-state index is 13.4. The van der Waals surface area contributed by atoms with Gasteiger partial charge in [0.1, 0.15) is 5.60 Å². The van der Waals surface area contributed by atoms with E-state index in [-0.39, 0.29) is 18.9 Å². The van der Waals surface area contributed by atoms with Gasteiger partial charge >= 0.3 is 11.9 Å². The molecule has 7 rings (SSSR count). The van der Waals surface area contributed by atoms with Gasteiger partial charge in [0.05, 0.1) is 29.3 Å². The number of hydrogen-bond acceptors (Lipinski definition) is 11. The molecule has 6 unspecified atom stereocenters. The van der Waals surface area contributed by atoms with Gasteiger partial charge in [0.15, 0.2) is 12.2 Å². The number of aliphatic hydroxyl groups is 5. The fourth-order valence-corrected chi connectivity index (χ4v) is 12.3. The van der Waals surface area contributed by atoms with E-state index in [0.717, 1.165) is 19.4 Å². The van der Waals surface area contributed by atoms with E-state index in [1.165, 1.54) is 6.92 Å². The molecule has 7 aliphatic rings. The molecule has 11 nitrogen and oxygen atoms in total. The summed E-state index contributed by atoms with van der Waals surface area (Å²) in [6.07, 6.45) is -1.45. The summed E-state index contributed by atoms with van der Waals surface area (Å²) < 4.78 is 18.6. The molecule has 1 spiro atoms. The van der Waals surface area contributed by atoms with Gasteiger partial charge in [-0.25, -0.2) is 0 Å². The lowest BCUT2D eigenvalue weighted by Gasteiger charge is -2.64. The van der Waals surface area contributed by atoms with Gasteiger partial charge in [-0.15, -0.1) is 0 Å². The van der Waals surface area contributed by atoms with Gasteiger partial charge in [-0.2, -0.15) is 0 Å². The van der Waals surface area contributed by atoms with Gasteiger partial charge in [-0.1, -0.05) is 27.7 Å². The first kappa shape index (κ1) is 32.2. The Bertz CT molecular complexity index is 1250. The summed E-state index contributed by atoms with van der Waals surface area (Å²) in [5.74, 6) is -6.32. The van der Waals surface area contributed by atoms with E-state index in [1.807, 2.05) is 13.8 Å². The van der Waals surface area contributed by atoms with Crippen molar-refractivity contribution in [3.63, 3.8) is 0 Å². The Labute approximate surface area is 265 Å². The zero-order chi connectivity index (χ0) is 32.6. The Hall–Kier alpha value is -1.34. The van der Waals surface area contributed by atoms with Gasteiger partial charge in [-0.05, 0) is 69.6 Å². The second kappa shape index (κ2) is 10.1. The molecule has 0 aromatic heterocycles. The van der Waals surface area contributed by atoms with Crippen molar-refractivity contribution >= 4 is 11.9 Å². The molecule has 5 N–H and O–H groups in total. The maximum atomic E-state index is 13.4. The van der Waals surface area contributed by atoms with Crippen LogP contribution in [0.15, 0.2) is 0 Å². The summed E-state index contributed by atoms with van der Waals surface area (Å²) in [5, 5.41) is 62.1. The van der Waals surface area contributed by atoms with Crippen LogP contribution < -0.4 is 0 Å². The molecule has 7 fully saturated rings. The summed E-state index contributed by atoms with van der Waals surface area (Å²) in [6, 6.07) is -0.191. The minimum absolute atomic E-state index is 0.0891. The fraction of sp³-hybridized carbons (Fsp3) is 0.941. The molecule has 11 heteroatoms. The Morgan fingerprint density at radius 1 is 1.07 bits per heavy atom. The minimum Gasteiger partial charge on any atom is -0.457 e. The van der Waals surface area contributed by atoms with E-state index in [2.05, 4.69) is 11.8 Å². The number of piperidine rings is 2. The lowest BCUT2D eigenvalue weighted by Crippen LogP contribution is -2.77. The molecule has 0 radical (unpaired) electrons. The van der Waals surface area contributed by atoms with Crippen molar-refractivity contribution in [1.82, 2.24) is 4.90 Å². The van der Waals surface area contributed by atoms with Crippen molar-refractivity contribution in [3.8, 4) is 0 Å². The number of carbonyl (C=O) groups is 2. The molecule has 254 valence electrons. The first-order valence-electron chi connectivity index (χ1n) is 17.3. The number of carbonyl (C=O) groups excluding carboxylic acids is 2. The monoisotopic (exact) mass is 635 g/mol. The summed E-state index contributed by atoms with van der Waals surface area (Å²) in [6.45, 7) is 12.2.